The highest BCUT2D eigenvalue weighted by atomic mass is 19.1. The van der Waals surface area contributed by atoms with Crippen LogP contribution in [0.2, 0.25) is 0 Å². The van der Waals surface area contributed by atoms with Crippen LogP contribution in [-0.4, -0.2) is 20.5 Å². The second kappa shape index (κ2) is 4.45. The second-order valence-electron chi connectivity index (χ2n) is 3.79. The molecule has 0 N–H and O–H groups in total. The van der Waals surface area contributed by atoms with Crippen LogP contribution >= 0.6 is 0 Å². The fourth-order valence-electron chi connectivity index (χ4n) is 1.57. The first-order valence-electron chi connectivity index (χ1n) is 5.23. The number of Topliss-reactive ketones (excluding diaryl/α,β-unsaturated/α-hetero) is 1. The zero-order valence-electron chi connectivity index (χ0n) is 9.64. The van der Waals surface area contributed by atoms with Gasteiger partial charge in [-0.2, -0.15) is 5.10 Å². The molecule has 0 aliphatic heterocycles. The summed E-state index contributed by atoms with van der Waals surface area (Å²) in [4.78, 5) is 16.0. The molecule has 0 saturated carbocycles. The Morgan fingerprint density at radius 1 is 1.29 bits per heavy atom. The molecule has 1 aromatic heterocycles. The van der Waals surface area contributed by atoms with Crippen LogP contribution in [0.5, 0.6) is 0 Å². The highest BCUT2D eigenvalue weighted by Gasteiger charge is 2.10. The Morgan fingerprint density at radius 3 is 2.47 bits per heavy atom. The fourth-order valence-corrected chi connectivity index (χ4v) is 1.57. The van der Waals surface area contributed by atoms with Crippen molar-refractivity contribution in [3.05, 3.63) is 47.3 Å². The minimum absolute atomic E-state index is 0.113. The van der Waals surface area contributed by atoms with Gasteiger partial charge in [-0.05, 0) is 38.1 Å². The number of hydrogen-bond donors (Lipinski definition) is 0. The first-order chi connectivity index (χ1) is 8.06. The number of ketones is 1. The molecule has 0 radical (unpaired) electrons. The summed E-state index contributed by atoms with van der Waals surface area (Å²) in [5, 5.41) is 4.10. The Hall–Kier alpha value is -2.04. The van der Waals surface area contributed by atoms with Gasteiger partial charge in [0.2, 0.25) is 0 Å². The van der Waals surface area contributed by atoms with Crippen LogP contribution in [0.1, 0.15) is 22.0 Å². The number of nitrogens with zero attached hydrogens (tertiary/aromatic N) is 3. The molecule has 17 heavy (non-hydrogen) atoms. The molecule has 0 aliphatic carbocycles. The standard InChI is InChI=1S/C12H12FN3O/c1-8-14-9(2)16(15-8)7-12(17)10-3-5-11(13)6-4-10/h3-6H,7H2,1-2H3. The van der Waals surface area contributed by atoms with E-state index in [4.69, 9.17) is 0 Å². The summed E-state index contributed by atoms with van der Waals surface area (Å²) in [6, 6.07) is 5.48. The number of aromatic nitrogens is 3. The van der Waals surface area contributed by atoms with Gasteiger partial charge in [0.05, 0.1) is 0 Å². The summed E-state index contributed by atoms with van der Waals surface area (Å²) in [7, 11) is 0. The first-order valence-corrected chi connectivity index (χ1v) is 5.23. The van der Waals surface area contributed by atoms with Crippen LogP contribution in [0.25, 0.3) is 0 Å². The van der Waals surface area contributed by atoms with E-state index in [-0.39, 0.29) is 18.1 Å². The monoisotopic (exact) mass is 233 g/mol. The van der Waals surface area contributed by atoms with Crippen LogP contribution < -0.4 is 0 Å². The van der Waals surface area contributed by atoms with Crippen molar-refractivity contribution in [2.45, 2.75) is 20.4 Å². The lowest BCUT2D eigenvalue weighted by atomic mass is 10.1. The first kappa shape index (κ1) is 11.4. The smallest absolute Gasteiger partial charge is 0.184 e. The summed E-state index contributed by atoms with van der Waals surface area (Å²) in [6.45, 7) is 3.68. The third kappa shape index (κ3) is 2.55. The third-order valence-electron chi connectivity index (χ3n) is 2.42. The molecule has 1 aromatic carbocycles. The topological polar surface area (TPSA) is 47.8 Å². The van der Waals surface area contributed by atoms with Gasteiger partial charge in [0.15, 0.2) is 5.78 Å². The lowest BCUT2D eigenvalue weighted by molar-refractivity contribution is 0.0966. The molecule has 0 atom stereocenters. The molecular formula is C12H12FN3O. The number of carbonyl (C=O) groups is 1. The van der Waals surface area contributed by atoms with Crippen molar-refractivity contribution in [3.8, 4) is 0 Å². The number of aryl methyl sites for hydroxylation is 2. The lowest BCUT2D eigenvalue weighted by Gasteiger charge is -2.02. The number of rotatable bonds is 3. The number of hydrogen-bond acceptors (Lipinski definition) is 3. The number of carbonyl (C=O) groups excluding carboxylic acids is 1. The van der Waals surface area contributed by atoms with Gasteiger partial charge < -0.3 is 0 Å². The van der Waals surface area contributed by atoms with Gasteiger partial charge in [0.25, 0.3) is 0 Å². The Kier molecular flexibility index (Phi) is 2.99. The van der Waals surface area contributed by atoms with Gasteiger partial charge in [-0.3, -0.25) is 4.79 Å². The van der Waals surface area contributed by atoms with Gasteiger partial charge in [-0.15, -0.1) is 0 Å². The summed E-state index contributed by atoms with van der Waals surface area (Å²) in [6.07, 6.45) is 0. The Labute approximate surface area is 98.1 Å². The Bertz CT molecular complexity index is 545. The van der Waals surface area contributed by atoms with Crippen molar-refractivity contribution in [1.82, 2.24) is 14.8 Å². The fraction of sp³-hybridized carbons (Fsp3) is 0.250. The van der Waals surface area contributed by atoms with Gasteiger partial charge in [-0.25, -0.2) is 14.1 Å². The molecule has 0 spiro atoms. The van der Waals surface area contributed by atoms with Gasteiger partial charge >= 0.3 is 0 Å². The van der Waals surface area contributed by atoms with Gasteiger partial charge in [-0.1, -0.05) is 0 Å². The molecule has 0 fully saturated rings. The minimum atomic E-state index is -0.352. The van der Waals surface area contributed by atoms with Crippen molar-refractivity contribution in [2.75, 3.05) is 0 Å². The van der Waals surface area contributed by atoms with E-state index in [0.29, 0.717) is 17.2 Å². The summed E-state index contributed by atoms with van der Waals surface area (Å²) >= 11 is 0. The van der Waals surface area contributed by atoms with E-state index in [9.17, 15) is 9.18 Å². The maximum absolute atomic E-state index is 12.7. The Balaban J connectivity index is 2.17. The average Bonchev–Trinajstić information content (AvgIpc) is 2.58. The molecule has 2 aromatic rings. The molecule has 0 bridgehead atoms. The summed E-state index contributed by atoms with van der Waals surface area (Å²) < 4.78 is 14.2. The van der Waals surface area contributed by atoms with Crippen molar-refractivity contribution in [3.63, 3.8) is 0 Å². The van der Waals surface area contributed by atoms with Crippen LogP contribution in [0, 0.1) is 19.7 Å². The molecular weight excluding hydrogens is 221 g/mol. The predicted octanol–water partition coefficient (Wildman–Crippen LogP) is 1.92. The van der Waals surface area contributed by atoms with E-state index in [0.717, 1.165) is 0 Å². The summed E-state index contributed by atoms with van der Waals surface area (Å²) in [5.41, 5.74) is 0.471. The zero-order valence-corrected chi connectivity index (χ0v) is 9.64. The molecule has 0 amide bonds. The quantitative estimate of drug-likeness (QED) is 0.761. The van der Waals surface area contributed by atoms with E-state index in [1.807, 2.05) is 0 Å². The van der Waals surface area contributed by atoms with Crippen molar-refractivity contribution in [2.24, 2.45) is 0 Å². The van der Waals surface area contributed by atoms with E-state index in [2.05, 4.69) is 10.1 Å². The maximum Gasteiger partial charge on any atom is 0.184 e. The lowest BCUT2D eigenvalue weighted by Crippen LogP contribution is -2.13. The van der Waals surface area contributed by atoms with E-state index in [1.54, 1.807) is 18.5 Å². The zero-order chi connectivity index (χ0) is 12.4. The van der Waals surface area contributed by atoms with Crippen LogP contribution in [-0.2, 0) is 6.54 Å². The molecule has 0 unspecified atom stereocenters. The van der Waals surface area contributed by atoms with Gasteiger partial charge in [0, 0.05) is 5.56 Å². The maximum atomic E-state index is 12.7. The van der Waals surface area contributed by atoms with Crippen LogP contribution in [0.4, 0.5) is 4.39 Å². The number of benzene rings is 1. The predicted molar refractivity (Wildman–Crippen MR) is 60.2 cm³/mol. The largest absolute Gasteiger partial charge is 0.292 e. The molecule has 4 nitrogen and oxygen atoms in total. The minimum Gasteiger partial charge on any atom is -0.292 e. The average molecular weight is 233 g/mol. The van der Waals surface area contributed by atoms with E-state index >= 15 is 0 Å². The van der Waals surface area contributed by atoms with Crippen LogP contribution in [0.15, 0.2) is 24.3 Å². The Morgan fingerprint density at radius 2 is 1.94 bits per heavy atom. The van der Waals surface area contributed by atoms with E-state index in [1.165, 1.54) is 24.3 Å². The molecule has 88 valence electrons. The van der Waals surface area contributed by atoms with E-state index < -0.39 is 0 Å². The normalized spacial score (nSPS) is 10.5. The highest BCUT2D eigenvalue weighted by molar-refractivity contribution is 5.95. The molecule has 0 saturated heterocycles. The van der Waals surface area contributed by atoms with Crippen LogP contribution in [0.3, 0.4) is 0 Å². The molecule has 5 heteroatoms. The number of halogens is 1. The SMILES string of the molecule is Cc1nc(C)n(CC(=O)c2ccc(F)cc2)n1. The van der Waals surface area contributed by atoms with Crippen molar-refractivity contribution in [1.29, 1.82) is 0 Å². The molecule has 2 rings (SSSR count). The summed E-state index contributed by atoms with van der Waals surface area (Å²) in [5.74, 6) is 0.861. The van der Waals surface area contributed by atoms with Crippen molar-refractivity contribution < 1.29 is 9.18 Å². The third-order valence-corrected chi connectivity index (χ3v) is 2.42. The highest BCUT2D eigenvalue weighted by Crippen LogP contribution is 2.06. The molecule has 1 heterocycles. The molecule has 0 aliphatic rings. The van der Waals surface area contributed by atoms with Gasteiger partial charge in [0.1, 0.15) is 24.0 Å². The van der Waals surface area contributed by atoms with Crippen molar-refractivity contribution >= 4 is 5.78 Å². The second-order valence-corrected chi connectivity index (χ2v) is 3.79.